The smallest absolute Gasteiger partial charge is 0.407 e. The van der Waals surface area contributed by atoms with Crippen molar-refractivity contribution in [3.63, 3.8) is 0 Å². The van der Waals surface area contributed by atoms with Gasteiger partial charge in [-0.1, -0.05) is 0 Å². The first kappa shape index (κ1) is 22.0. The van der Waals surface area contributed by atoms with Crippen molar-refractivity contribution in [1.29, 1.82) is 0 Å². The molecule has 0 aromatic heterocycles. The molecule has 6 heteroatoms. The zero-order valence-corrected chi connectivity index (χ0v) is 17.7. The maximum absolute atomic E-state index is 12.7. The normalized spacial score (nSPS) is 24.9. The van der Waals surface area contributed by atoms with E-state index in [1.807, 2.05) is 20.8 Å². The third-order valence-electron chi connectivity index (χ3n) is 5.80. The lowest BCUT2D eigenvalue weighted by molar-refractivity contribution is -0.169. The summed E-state index contributed by atoms with van der Waals surface area (Å²) >= 11 is 0. The van der Waals surface area contributed by atoms with Gasteiger partial charge < -0.3 is 20.1 Å². The van der Waals surface area contributed by atoms with Crippen LogP contribution in [-0.4, -0.2) is 42.9 Å². The quantitative estimate of drug-likeness (QED) is 0.710. The van der Waals surface area contributed by atoms with E-state index >= 15 is 0 Å². The molecular weight excluding hydrogens is 344 g/mol. The summed E-state index contributed by atoms with van der Waals surface area (Å²) < 4.78 is 11.2. The predicted molar refractivity (Wildman–Crippen MR) is 105 cm³/mol. The van der Waals surface area contributed by atoms with Crippen LogP contribution in [0.25, 0.3) is 0 Å². The van der Waals surface area contributed by atoms with Crippen LogP contribution < -0.4 is 10.6 Å². The Morgan fingerprint density at radius 1 is 0.926 bits per heavy atom. The molecule has 156 valence electrons. The molecule has 0 aromatic rings. The van der Waals surface area contributed by atoms with E-state index in [4.69, 9.17) is 9.47 Å². The summed E-state index contributed by atoms with van der Waals surface area (Å²) in [6, 6.07) is 0. The van der Waals surface area contributed by atoms with Gasteiger partial charge in [0.2, 0.25) is 0 Å². The number of carbonyl (C=O) groups excluding carboxylic acids is 2. The van der Waals surface area contributed by atoms with Gasteiger partial charge in [-0.3, -0.25) is 4.79 Å². The number of amides is 1. The van der Waals surface area contributed by atoms with Crippen LogP contribution in [0.15, 0.2) is 0 Å². The molecule has 0 aromatic carbocycles. The van der Waals surface area contributed by atoms with Crippen molar-refractivity contribution in [3.8, 4) is 0 Å². The van der Waals surface area contributed by atoms with Crippen LogP contribution in [0.5, 0.6) is 0 Å². The molecule has 0 bridgehead atoms. The van der Waals surface area contributed by atoms with Crippen LogP contribution >= 0.6 is 0 Å². The minimum absolute atomic E-state index is 0.0104. The van der Waals surface area contributed by atoms with E-state index in [9.17, 15) is 9.59 Å². The van der Waals surface area contributed by atoms with Gasteiger partial charge in [-0.25, -0.2) is 4.79 Å². The molecule has 1 aliphatic heterocycles. The molecule has 2 N–H and O–H groups in total. The molecule has 1 saturated carbocycles. The second-order valence-corrected chi connectivity index (χ2v) is 9.65. The highest BCUT2D eigenvalue weighted by atomic mass is 16.6. The molecule has 1 aliphatic carbocycles. The highest BCUT2D eigenvalue weighted by molar-refractivity contribution is 5.73. The molecule has 0 radical (unpaired) electrons. The van der Waals surface area contributed by atoms with E-state index in [0.717, 1.165) is 51.6 Å². The second-order valence-electron chi connectivity index (χ2n) is 9.65. The number of piperidine rings is 1. The second kappa shape index (κ2) is 9.26. The van der Waals surface area contributed by atoms with Crippen LogP contribution in [-0.2, 0) is 14.3 Å². The van der Waals surface area contributed by atoms with Crippen LogP contribution in [0.1, 0.15) is 73.1 Å². The Bertz CT molecular complexity index is 499. The highest BCUT2D eigenvalue weighted by Crippen LogP contribution is 2.34. The van der Waals surface area contributed by atoms with E-state index in [2.05, 4.69) is 24.5 Å². The minimum atomic E-state index is -0.479. The molecule has 1 saturated heterocycles. The average Bonchev–Trinajstić information content (AvgIpc) is 2.59. The highest BCUT2D eigenvalue weighted by Gasteiger charge is 2.37. The van der Waals surface area contributed by atoms with E-state index in [1.165, 1.54) is 0 Å². The zero-order valence-electron chi connectivity index (χ0n) is 17.7. The van der Waals surface area contributed by atoms with Gasteiger partial charge in [0, 0.05) is 12.5 Å². The lowest BCUT2D eigenvalue weighted by atomic mass is 9.81. The van der Waals surface area contributed by atoms with Crippen molar-refractivity contribution in [2.24, 2.45) is 17.8 Å². The van der Waals surface area contributed by atoms with E-state index in [1.54, 1.807) is 0 Å². The third kappa shape index (κ3) is 7.32. The Balaban J connectivity index is 1.71. The Morgan fingerprint density at radius 2 is 1.52 bits per heavy atom. The fourth-order valence-electron chi connectivity index (χ4n) is 4.09. The molecule has 0 unspecified atom stereocenters. The Hall–Kier alpha value is -1.30. The van der Waals surface area contributed by atoms with Gasteiger partial charge in [0.25, 0.3) is 0 Å². The molecule has 27 heavy (non-hydrogen) atoms. The summed E-state index contributed by atoms with van der Waals surface area (Å²) in [5.74, 6) is 0.775. The molecule has 1 amide bonds. The largest absolute Gasteiger partial charge is 0.459 e. The van der Waals surface area contributed by atoms with Crippen LogP contribution in [0.4, 0.5) is 4.79 Å². The van der Waals surface area contributed by atoms with E-state index in [0.29, 0.717) is 18.4 Å². The standard InChI is InChI=1S/C21H38N2O4/c1-20(2,3)27-19(25)23-14-15-6-8-16(9-7-15)18(24)26-21(4,5)17-10-12-22-13-11-17/h15-17,22H,6-14H2,1-5H3,(H,23,25). The van der Waals surface area contributed by atoms with Crippen LogP contribution in [0.3, 0.4) is 0 Å². The monoisotopic (exact) mass is 382 g/mol. The first-order chi connectivity index (χ1) is 12.6. The minimum Gasteiger partial charge on any atom is -0.459 e. The summed E-state index contributed by atoms with van der Waals surface area (Å²) in [5, 5.41) is 6.21. The predicted octanol–water partition coefficient (Wildman–Crippen LogP) is 3.64. The Kier molecular flexibility index (Phi) is 7.55. The summed E-state index contributed by atoms with van der Waals surface area (Å²) in [7, 11) is 0. The molecule has 1 heterocycles. The van der Waals surface area contributed by atoms with Gasteiger partial charge in [0.15, 0.2) is 0 Å². The number of esters is 1. The van der Waals surface area contributed by atoms with Gasteiger partial charge >= 0.3 is 12.1 Å². The van der Waals surface area contributed by atoms with Gasteiger partial charge in [-0.2, -0.15) is 0 Å². The first-order valence-electron chi connectivity index (χ1n) is 10.5. The van der Waals surface area contributed by atoms with E-state index in [-0.39, 0.29) is 18.0 Å². The van der Waals surface area contributed by atoms with Gasteiger partial charge in [-0.15, -0.1) is 0 Å². The molecule has 2 rings (SSSR count). The van der Waals surface area contributed by atoms with Crippen molar-refractivity contribution in [2.45, 2.75) is 84.3 Å². The van der Waals surface area contributed by atoms with Gasteiger partial charge in [0.1, 0.15) is 11.2 Å². The topological polar surface area (TPSA) is 76.7 Å². The van der Waals surface area contributed by atoms with Crippen LogP contribution in [0.2, 0.25) is 0 Å². The van der Waals surface area contributed by atoms with Gasteiger partial charge in [0.05, 0.1) is 5.92 Å². The number of hydrogen-bond acceptors (Lipinski definition) is 5. The van der Waals surface area contributed by atoms with Crippen LogP contribution in [0, 0.1) is 17.8 Å². The number of alkyl carbamates (subject to hydrolysis) is 1. The average molecular weight is 383 g/mol. The van der Waals surface area contributed by atoms with Gasteiger partial charge in [-0.05, 0) is 92.2 Å². The molecule has 2 fully saturated rings. The van der Waals surface area contributed by atoms with Crippen molar-refractivity contribution in [3.05, 3.63) is 0 Å². The number of carbonyl (C=O) groups is 2. The number of hydrogen-bond donors (Lipinski definition) is 2. The summed E-state index contributed by atoms with van der Waals surface area (Å²) in [4.78, 5) is 24.4. The molecule has 6 nitrogen and oxygen atoms in total. The number of nitrogens with one attached hydrogen (secondary N) is 2. The zero-order chi connectivity index (χ0) is 20.1. The molecular formula is C21H38N2O4. The van der Waals surface area contributed by atoms with Crippen molar-refractivity contribution in [2.75, 3.05) is 19.6 Å². The fraction of sp³-hybridized carbons (Fsp3) is 0.905. The lowest BCUT2D eigenvalue weighted by Gasteiger charge is -2.38. The lowest BCUT2D eigenvalue weighted by Crippen LogP contribution is -2.44. The maximum Gasteiger partial charge on any atom is 0.407 e. The van der Waals surface area contributed by atoms with Crippen molar-refractivity contribution < 1.29 is 19.1 Å². The summed E-state index contributed by atoms with van der Waals surface area (Å²) in [6.45, 7) is 12.3. The number of ether oxygens (including phenoxy) is 2. The van der Waals surface area contributed by atoms with Crippen molar-refractivity contribution >= 4 is 12.1 Å². The Labute approximate surface area is 164 Å². The number of rotatable bonds is 5. The fourth-order valence-corrected chi connectivity index (χ4v) is 4.09. The van der Waals surface area contributed by atoms with Crippen molar-refractivity contribution in [1.82, 2.24) is 10.6 Å². The maximum atomic E-state index is 12.7. The third-order valence-corrected chi connectivity index (χ3v) is 5.80. The molecule has 2 aliphatic rings. The molecule has 0 atom stereocenters. The summed E-state index contributed by atoms with van der Waals surface area (Å²) in [5.41, 5.74) is -0.874. The Morgan fingerprint density at radius 3 is 2.07 bits per heavy atom. The molecule has 0 spiro atoms. The van der Waals surface area contributed by atoms with E-state index < -0.39 is 11.2 Å². The first-order valence-corrected chi connectivity index (χ1v) is 10.5. The summed E-state index contributed by atoms with van der Waals surface area (Å²) in [6.07, 6.45) is 5.29. The SMILES string of the molecule is CC(C)(C)OC(=O)NCC1CCC(C(=O)OC(C)(C)C2CCNCC2)CC1.